The van der Waals surface area contributed by atoms with Crippen molar-refractivity contribution in [2.24, 2.45) is 0 Å². The molecular weight excluding hydrogens is 515 g/mol. The summed E-state index contributed by atoms with van der Waals surface area (Å²) in [4.78, 5) is 11.7. The molecule has 0 unspecified atom stereocenters. The molecule has 4 aromatic rings. The lowest BCUT2D eigenvalue weighted by atomic mass is 9.92. The zero-order valence-corrected chi connectivity index (χ0v) is 21.8. The number of fused-ring (bicyclic) bond motifs is 1. The van der Waals surface area contributed by atoms with Gasteiger partial charge in [-0.2, -0.15) is 0 Å². The fraction of sp³-hybridized carbons (Fsp3) is 0.185. The zero-order chi connectivity index (χ0) is 25.4. The number of aromatic amines is 1. The van der Waals surface area contributed by atoms with Crippen LogP contribution in [0.2, 0.25) is 10.0 Å². The van der Waals surface area contributed by atoms with Gasteiger partial charge in [-0.25, -0.2) is 22.6 Å². The second-order valence-electron chi connectivity index (χ2n) is 8.75. The van der Waals surface area contributed by atoms with Crippen LogP contribution in [0.3, 0.4) is 0 Å². The fourth-order valence-electron chi connectivity index (χ4n) is 4.55. The monoisotopic (exact) mass is 536 g/mol. The maximum atomic E-state index is 12.0. The van der Waals surface area contributed by atoms with E-state index < -0.39 is 10.0 Å². The summed E-state index contributed by atoms with van der Waals surface area (Å²) in [7, 11) is -3.24. The summed E-state index contributed by atoms with van der Waals surface area (Å²) < 4.78 is 25.6. The molecule has 0 atom stereocenters. The number of imidazole rings is 1. The first-order valence-electron chi connectivity index (χ1n) is 11.3. The van der Waals surface area contributed by atoms with Crippen molar-refractivity contribution in [2.45, 2.75) is 12.8 Å². The van der Waals surface area contributed by atoms with E-state index in [1.54, 1.807) is 18.2 Å². The quantitative estimate of drug-likeness (QED) is 0.287. The second kappa shape index (κ2) is 9.72. The Kier molecular flexibility index (Phi) is 6.62. The number of nitrogens with one attached hydrogen (secondary N) is 1. The summed E-state index contributed by atoms with van der Waals surface area (Å²) in [5, 5.41) is 0.880. The number of benzene rings is 3. The Morgan fingerprint density at radius 3 is 2.36 bits per heavy atom. The molecule has 1 aliphatic heterocycles. The van der Waals surface area contributed by atoms with Crippen LogP contribution in [0.25, 0.3) is 32.6 Å². The molecule has 0 aliphatic carbocycles. The molecule has 0 saturated carbocycles. The lowest BCUT2D eigenvalue weighted by Crippen LogP contribution is -2.35. The topological polar surface area (TPSA) is 70.4 Å². The molecule has 0 radical (unpaired) electrons. The number of hydrogen-bond donors (Lipinski definition) is 1. The van der Waals surface area contributed by atoms with Crippen LogP contribution in [0.15, 0.2) is 66.2 Å². The Morgan fingerprint density at radius 2 is 1.69 bits per heavy atom. The Morgan fingerprint density at radius 1 is 1.00 bits per heavy atom. The maximum absolute atomic E-state index is 12.0. The van der Waals surface area contributed by atoms with Gasteiger partial charge in [-0.05, 0) is 47.7 Å². The van der Waals surface area contributed by atoms with Gasteiger partial charge in [-0.15, -0.1) is 0 Å². The molecule has 0 amide bonds. The minimum absolute atomic E-state index is 0.428. The summed E-state index contributed by atoms with van der Waals surface area (Å²) in [6.07, 6.45) is 2.46. The molecular formula is C27H22Cl2N4O2S. The second-order valence-corrected chi connectivity index (χ2v) is 11.5. The molecule has 6 nitrogen and oxygen atoms in total. The first-order valence-corrected chi connectivity index (χ1v) is 13.9. The van der Waals surface area contributed by atoms with Gasteiger partial charge in [0, 0.05) is 18.7 Å². The van der Waals surface area contributed by atoms with E-state index in [-0.39, 0.29) is 0 Å². The molecule has 36 heavy (non-hydrogen) atoms. The normalized spacial score (nSPS) is 14.7. The van der Waals surface area contributed by atoms with Crippen LogP contribution < -0.4 is 0 Å². The molecule has 1 N–H and O–H groups in total. The highest BCUT2D eigenvalue weighted by atomic mass is 35.5. The summed E-state index contributed by atoms with van der Waals surface area (Å²) >= 11 is 12.4. The van der Waals surface area contributed by atoms with Crippen molar-refractivity contribution in [1.29, 1.82) is 0 Å². The predicted octanol–water partition coefficient (Wildman–Crippen LogP) is 6.94. The molecule has 1 aromatic heterocycles. The van der Waals surface area contributed by atoms with Gasteiger partial charge < -0.3 is 4.98 Å². The van der Waals surface area contributed by atoms with E-state index in [4.69, 9.17) is 34.8 Å². The zero-order valence-electron chi connectivity index (χ0n) is 19.4. The molecule has 1 saturated heterocycles. The number of rotatable bonds is 4. The molecule has 0 bridgehead atoms. The van der Waals surface area contributed by atoms with Crippen LogP contribution >= 0.6 is 23.2 Å². The number of piperidine rings is 1. The van der Waals surface area contributed by atoms with Crippen molar-refractivity contribution in [1.82, 2.24) is 14.3 Å². The van der Waals surface area contributed by atoms with Gasteiger partial charge in [-0.3, -0.25) is 0 Å². The highest BCUT2D eigenvalue weighted by Crippen LogP contribution is 2.35. The molecule has 5 rings (SSSR count). The van der Waals surface area contributed by atoms with E-state index in [0.717, 1.165) is 33.4 Å². The predicted molar refractivity (Wildman–Crippen MR) is 146 cm³/mol. The van der Waals surface area contributed by atoms with E-state index in [1.807, 2.05) is 42.5 Å². The molecule has 1 fully saturated rings. The van der Waals surface area contributed by atoms with Gasteiger partial charge in [0.1, 0.15) is 5.82 Å². The smallest absolute Gasteiger partial charge is 0.211 e. The number of nitrogens with zero attached hydrogens (tertiary/aromatic N) is 3. The van der Waals surface area contributed by atoms with Crippen LogP contribution in [-0.4, -0.2) is 42.0 Å². The van der Waals surface area contributed by atoms with E-state index in [2.05, 4.69) is 9.83 Å². The maximum Gasteiger partial charge on any atom is 0.211 e. The standard InChI is InChI=1S/C27H22Cl2N4O2S/c1-30-21-5-3-4-20(14-21)17-6-8-18(9-7-17)26(19-10-12-33(13-11-19)36(2,34)35)27-31-24-15-22(28)23(29)16-25(24)32-27/h3-9,14-16H,10-13H2,2H3,(H,31,32). The number of hydrogen-bond acceptors (Lipinski definition) is 3. The van der Waals surface area contributed by atoms with Gasteiger partial charge in [0.2, 0.25) is 10.0 Å². The summed E-state index contributed by atoms with van der Waals surface area (Å²) in [5.74, 6) is 0.689. The third-order valence-corrected chi connectivity index (χ3v) is 8.42. The van der Waals surface area contributed by atoms with Crippen molar-refractivity contribution in [2.75, 3.05) is 19.3 Å². The van der Waals surface area contributed by atoms with Crippen LogP contribution in [0.1, 0.15) is 24.2 Å². The Balaban J connectivity index is 1.59. The first kappa shape index (κ1) is 24.5. The highest BCUT2D eigenvalue weighted by Gasteiger charge is 2.25. The molecule has 9 heteroatoms. The minimum atomic E-state index is -3.24. The first-order chi connectivity index (χ1) is 17.2. The van der Waals surface area contributed by atoms with E-state index in [1.165, 1.54) is 10.6 Å². The third-order valence-electron chi connectivity index (χ3n) is 6.39. The molecule has 182 valence electrons. The lowest BCUT2D eigenvalue weighted by molar-refractivity contribution is 0.391. The average Bonchev–Trinajstić information content (AvgIpc) is 3.26. The fourth-order valence-corrected chi connectivity index (χ4v) is 5.72. The van der Waals surface area contributed by atoms with E-state index in [0.29, 0.717) is 53.0 Å². The van der Waals surface area contributed by atoms with Gasteiger partial charge in [0.25, 0.3) is 0 Å². The number of sulfonamides is 1. The van der Waals surface area contributed by atoms with Crippen LogP contribution in [0, 0.1) is 6.57 Å². The Hall–Kier alpha value is -3.15. The molecule has 2 heterocycles. The summed E-state index contributed by atoms with van der Waals surface area (Å²) in [6, 6.07) is 19.2. The lowest BCUT2D eigenvalue weighted by Gasteiger charge is -2.28. The van der Waals surface area contributed by atoms with Crippen molar-refractivity contribution in [3.63, 3.8) is 0 Å². The SMILES string of the molecule is [C-]#[N+]c1cccc(-c2ccc(C(=C3CCN(S(C)(=O)=O)CC3)c3nc4cc(Cl)c(Cl)cc4[nH]3)cc2)c1. The van der Waals surface area contributed by atoms with Crippen molar-refractivity contribution < 1.29 is 8.42 Å². The average molecular weight is 537 g/mol. The number of H-pyrrole nitrogens is 1. The Bertz CT molecular complexity index is 1600. The number of aromatic nitrogens is 2. The third kappa shape index (κ3) is 4.91. The van der Waals surface area contributed by atoms with Crippen LogP contribution in [-0.2, 0) is 10.0 Å². The highest BCUT2D eigenvalue weighted by molar-refractivity contribution is 7.88. The number of halogens is 2. The van der Waals surface area contributed by atoms with Crippen molar-refractivity contribution in [3.8, 4) is 11.1 Å². The minimum Gasteiger partial charge on any atom is -0.338 e. The van der Waals surface area contributed by atoms with E-state index in [9.17, 15) is 8.42 Å². The Labute approximate surface area is 220 Å². The largest absolute Gasteiger partial charge is 0.338 e. The molecule has 3 aromatic carbocycles. The van der Waals surface area contributed by atoms with Gasteiger partial charge in [-0.1, -0.05) is 71.2 Å². The van der Waals surface area contributed by atoms with Crippen LogP contribution in [0.5, 0.6) is 0 Å². The molecule has 0 spiro atoms. The molecule has 1 aliphatic rings. The summed E-state index contributed by atoms with van der Waals surface area (Å²) in [5.41, 5.74) is 7.11. The summed E-state index contributed by atoms with van der Waals surface area (Å²) in [6.45, 7) is 8.13. The van der Waals surface area contributed by atoms with Gasteiger partial charge >= 0.3 is 0 Å². The van der Waals surface area contributed by atoms with Crippen LogP contribution in [0.4, 0.5) is 5.69 Å². The van der Waals surface area contributed by atoms with E-state index >= 15 is 0 Å². The van der Waals surface area contributed by atoms with Crippen molar-refractivity contribution in [3.05, 3.63) is 99.1 Å². The van der Waals surface area contributed by atoms with Gasteiger partial charge in [0.05, 0.1) is 33.9 Å². The van der Waals surface area contributed by atoms with Gasteiger partial charge in [0.15, 0.2) is 5.69 Å². The van der Waals surface area contributed by atoms with Crippen molar-refractivity contribution >= 4 is 55.5 Å².